The fraction of sp³-hybridized carbons (Fsp3) is 0.684. The lowest BCUT2D eigenvalue weighted by atomic mass is 9.96. The summed E-state index contributed by atoms with van der Waals surface area (Å²) in [5.41, 5.74) is 1.96. The third-order valence-electron chi connectivity index (χ3n) is 5.96. The molecule has 8 nitrogen and oxygen atoms in total. The lowest BCUT2D eigenvalue weighted by Gasteiger charge is -2.31. The molecule has 2 aromatic rings. The number of hydrogen-bond acceptors (Lipinski definition) is 5. The van der Waals surface area contributed by atoms with Crippen LogP contribution < -0.4 is 5.32 Å². The molecule has 5 rings (SSSR count). The molecule has 4 heterocycles. The third-order valence-corrected chi connectivity index (χ3v) is 5.96. The van der Waals surface area contributed by atoms with Crippen LogP contribution in [-0.2, 0) is 4.74 Å². The van der Waals surface area contributed by atoms with E-state index < -0.39 is 0 Å². The van der Waals surface area contributed by atoms with Crippen LogP contribution in [0.5, 0.6) is 0 Å². The summed E-state index contributed by atoms with van der Waals surface area (Å²) in [6, 6.07) is 4.11. The number of amides is 2. The molecule has 0 radical (unpaired) electrons. The third kappa shape index (κ3) is 3.50. The maximum absolute atomic E-state index is 12.4. The number of urea groups is 1. The SMILES string of the molecule is O=C(NCC1CCCO1)N1CCC(c2nnc3ccc(C4CC4)nn23)CC1. The van der Waals surface area contributed by atoms with Gasteiger partial charge in [-0.2, -0.15) is 9.61 Å². The van der Waals surface area contributed by atoms with Crippen LogP contribution in [0.2, 0.25) is 0 Å². The zero-order chi connectivity index (χ0) is 18.2. The Hall–Kier alpha value is -2.22. The van der Waals surface area contributed by atoms with Crippen LogP contribution in [0.4, 0.5) is 4.79 Å². The van der Waals surface area contributed by atoms with E-state index in [1.807, 2.05) is 15.5 Å². The monoisotopic (exact) mass is 370 g/mol. The van der Waals surface area contributed by atoms with E-state index in [0.717, 1.165) is 62.5 Å². The predicted molar refractivity (Wildman–Crippen MR) is 98.7 cm³/mol. The van der Waals surface area contributed by atoms with E-state index >= 15 is 0 Å². The van der Waals surface area contributed by atoms with Crippen molar-refractivity contribution in [3.8, 4) is 0 Å². The van der Waals surface area contributed by atoms with Gasteiger partial charge in [-0.1, -0.05) is 0 Å². The number of nitrogens with one attached hydrogen (secondary N) is 1. The van der Waals surface area contributed by atoms with Gasteiger partial charge >= 0.3 is 6.03 Å². The van der Waals surface area contributed by atoms with Gasteiger partial charge in [-0.25, -0.2) is 4.79 Å². The molecule has 1 atom stereocenters. The number of piperidine rings is 1. The van der Waals surface area contributed by atoms with Crippen LogP contribution in [-0.4, -0.2) is 63.1 Å². The smallest absolute Gasteiger partial charge is 0.317 e. The van der Waals surface area contributed by atoms with Gasteiger partial charge in [0, 0.05) is 38.1 Å². The molecule has 2 amide bonds. The Morgan fingerprint density at radius 3 is 2.70 bits per heavy atom. The van der Waals surface area contributed by atoms with Gasteiger partial charge in [0.05, 0.1) is 11.8 Å². The van der Waals surface area contributed by atoms with Crippen LogP contribution in [0.15, 0.2) is 12.1 Å². The molecule has 1 aliphatic carbocycles. The zero-order valence-corrected chi connectivity index (χ0v) is 15.5. The highest BCUT2D eigenvalue weighted by Gasteiger charge is 2.29. The van der Waals surface area contributed by atoms with Gasteiger partial charge in [-0.05, 0) is 50.7 Å². The number of hydrogen-bond donors (Lipinski definition) is 1. The number of rotatable bonds is 4. The van der Waals surface area contributed by atoms with Gasteiger partial charge in [0.15, 0.2) is 11.5 Å². The van der Waals surface area contributed by atoms with Crippen molar-refractivity contribution < 1.29 is 9.53 Å². The lowest BCUT2D eigenvalue weighted by Crippen LogP contribution is -2.46. The Bertz CT molecular complexity index is 819. The Labute approximate surface area is 158 Å². The van der Waals surface area contributed by atoms with Gasteiger partial charge in [0.2, 0.25) is 0 Å². The zero-order valence-electron chi connectivity index (χ0n) is 15.5. The van der Waals surface area contributed by atoms with Crippen molar-refractivity contribution in [3.05, 3.63) is 23.7 Å². The Balaban J connectivity index is 1.20. The minimum absolute atomic E-state index is 0.0178. The fourth-order valence-corrected chi connectivity index (χ4v) is 4.13. The molecular weight excluding hydrogens is 344 g/mol. The second-order valence-corrected chi connectivity index (χ2v) is 7.94. The Morgan fingerprint density at radius 2 is 1.96 bits per heavy atom. The average Bonchev–Trinajstić information content (AvgIpc) is 3.26. The summed E-state index contributed by atoms with van der Waals surface area (Å²) in [4.78, 5) is 14.3. The first-order valence-corrected chi connectivity index (χ1v) is 10.1. The van der Waals surface area contributed by atoms with Gasteiger partial charge in [0.25, 0.3) is 0 Å². The number of aromatic nitrogens is 4. The van der Waals surface area contributed by atoms with Gasteiger partial charge in [0.1, 0.15) is 0 Å². The number of carbonyl (C=O) groups excluding carboxylic acids is 1. The molecule has 0 spiro atoms. The van der Waals surface area contributed by atoms with Crippen LogP contribution in [0.3, 0.4) is 0 Å². The number of likely N-dealkylation sites (tertiary alicyclic amines) is 1. The number of carbonyl (C=O) groups is 1. The lowest BCUT2D eigenvalue weighted by molar-refractivity contribution is 0.108. The summed E-state index contributed by atoms with van der Waals surface area (Å²) in [6.07, 6.45) is 6.56. The molecule has 2 aliphatic heterocycles. The second-order valence-electron chi connectivity index (χ2n) is 7.94. The van der Waals surface area contributed by atoms with Crippen LogP contribution in [0.25, 0.3) is 5.65 Å². The molecule has 144 valence electrons. The first kappa shape index (κ1) is 16.9. The first-order chi connectivity index (χ1) is 13.3. The molecule has 2 saturated heterocycles. The maximum atomic E-state index is 12.4. The summed E-state index contributed by atoms with van der Waals surface area (Å²) >= 11 is 0. The van der Waals surface area contributed by atoms with E-state index in [1.165, 1.54) is 12.8 Å². The molecule has 1 saturated carbocycles. The standard InChI is InChI=1S/C19H26N6O2/c26-19(20-12-15-2-1-11-27-15)24-9-7-14(8-10-24)18-22-21-17-6-5-16(13-3-4-13)23-25(17)18/h5-6,13-15H,1-4,7-12H2,(H,20,26). The van der Waals surface area contributed by atoms with Gasteiger partial charge < -0.3 is 15.0 Å². The molecule has 1 unspecified atom stereocenters. The summed E-state index contributed by atoms with van der Waals surface area (Å²) in [5, 5.41) is 16.5. The molecule has 8 heteroatoms. The molecule has 2 aromatic heterocycles. The van der Waals surface area contributed by atoms with Crippen molar-refractivity contribution in [2.75, 3.05) is 26.2 Å². The highest BCUT2D eigenvalue weighted by molar-refractivity contribution is 5.74. The van der Waals surface area contributed by atoms with Crippen molar-refractivity contribution >= 4 is 11.7 Å². The highest BCUT2D eigenvalue weighted by atomic mass is 16.5. The minimum Gasteiger partial charge on any atom is -0.376 e. The molecule has 3 fully saturated rings. The summed E-state index contributed by atoms with van der Waals surface area (Å²) in [6.45, 7) is 2.90. The normalized spacial score (nSPS) is 23.9. The van der Waals surface area contributed by atoms with Gasteiger partial charge in [-0.15, -0.1) is 10.2 Å². The molecule has 0 bridgehead atoms. The molecule has 3 aliphatic rings. The molecule has 27 heavy (non-hydrogen) atoms. The summed E-state index contributed by atoms with van der Waals surface area (Å²) < 4.78 is 7.49. The number of ether oxygens (including phenoxy) is 1. The van der Waals surface area contributed by atoms with Crippen molar-refractivity contribution in [1.82, 2.24) is 30.0 Å². The minimum atomic E-state index is 0.0178. The van der Waals surface area contributed by atoms with E-state index in [1.54, 1.807) is 0 Å². The largest absolute Gasteiger partial charge is 0.376 e. The summed E-state index contributed by atoms with van der Waals surface area (Å²) in [5.74, 6) is 1.84. The molecule has 1 N–H and O–H groups in total. The summed E-state index contributed by atoms with van der Waals surface area (Å²) in [7, 11) is 0. The van der Waals surface area contributed by atoms with E-state index in [4.69, 9.17) is 9.84 Å². The van der Waals surface area contributed by atoms with Crippen molar-refractivity contribution in [2.24, 2.45) is 0 Å². The predicted octanol–water partition coefficient (Wildman–Crippen LogP) is 2.07. The van der Waals surface area contributed by atoms with E-state index in [-0.39, 0.29) is 12.1 Å². The van der Waals surface area contributed by atoms with Crippen molar-refractivity contribution in [3.63, 3.8) is 0 Å². The maximum Gasteiger partial charge on any atom is 0.317 e. The molecular formula is C19H26N6O2. The quantitative estimate of drug-likeness (QED) is 0.891. The van der Waals surface area contributed by atoms with Crippen molar-refractivity contribution in [1.29, 1.82) is 0 Å². The topological polar surface area (TPSA) is 84.6 Å². The molecule has 0 aromatic carbocycles. The van der Waals surface area contributed by atoms with E-state index in [9.17, 15) is 4.79 Å². The Kier molecular flexibility index (Phi) is 4.43. The fourth-order valence-electron chi connectivity index (χ4n) is 4.13. The van der Waals surface area contributed by atoms with E-state index in [0.29, 0.717) is 18.4 Å². The Morgan fingerprint density at radius 1 is 1.11 bits per heavy atom. The van der Waals surface area contributed by atoms with E-state index in [2.05, 4.69) is 21.6 Å². The number of fused-ring (bicyclic) bond motifs is 1. The average molecular weight is 370 g/mol. The second kappa shape index (κ2) is 7.07. The van der Waals surface area contributed by atoms with Crippen LogP contribution in [0.1, 0.15) is 61.9 Å². The highest BCUT2D eigenvalue weighted by Crippen LogP contribution is 2.39. The van der Waals surface area contributed by atoms with Crippen molar-refractivity contribution in [2.45, 2.75) is 56.5 Å². The number of nitrogens with zero attached hydrogens (tertiary/aromatic N) is 5. The van der Waals surface area contributed by atoms with Crippen LogP contribution >= 0.6 is 0 Å². The first-order valence-electron chi connectivity index (χ1n) is 10.1. The van der Waals surface area contributed by atoms with Gasteiger partial charge in [-0.3, -0.25) is 0 Å². The van der Waals surface area contributed by atoms with Crippen LogP contribution in [0, 0.1) is 0 Å².